The highest BCUT2D eigenvalue weighted by Gasteiger charge is 2.24. The van der Waals surface area contributed by atoms with Crippen LogP contribution in [0.2, 0.25) is 0 Å². The molecule has 2 rings (SSSR count). The van der Waals surface area contributed by atoms with Gasteiger partial charge >= 0.3 is 5.97 Å². The number of carboxylic acids is 1. The predicted octanol–water partition coefficient (Wildman–Crippen LogP) is 0.206. The fraction of sp³-hybridized carbons (Fsp3) is 0.923. The number of likely N-dealkylation sites (tertiary alicyclic amines) is 2. The summed E-state index contributed by atoms with van der Waals surface area (Å²) < 4.78 is 0. The Kier molecular flexibility index (Phi) is 4.97. The van der Waals surface area contributed by atoms with Crippen LogP contribution in [-0.2, 0) is 4.79 Å². The zero-order valence-corrected chi connectivity index (χ0v) is 11.1. The third kappa shape index (κ3) is 3.93. The minimum Gasteiger partial charge on any atom is -0.480 e. The van der Waals surface area contributed by atoms with Gasteiger partial charge in [0.1, 0.15) is 6.04 Å². The van der Waals surface area contributed by atoms with Crippen LogP contribution in [0.1, 0.15) is 25.7 Å². The van der Waals surface area contributed by atoms with E-state index in [1.807, 2.05) is 0 Å². The molecule has 0 aromatic rings. The summed E-state index contributed by atoms with van der Waals surface area (Å²) in [5.74, 6) is -0.102. The molecule has 1 unspecified atom stereocenters. The van der Waals surface area contributed by atoms with Gasteiger partial charge in [0.15, 0.2) is 0 Å². The van der Waals surface area contributed by atoms with Crippen molar-refractivity contribution in [1.82, 2.24) is 9.80 Å². The molecule has 0 spiro atoms. The molecule has 5 heteroatoms. The number of piperidine rings is 1. The van der Waals surface area contributed by atoms with Crippen LogP contribution in [-0.4, -0.2) is 66.2 Å². The Morgan fingerprint density at radius 2 is 1.78 bits per heavy atom. The largest absolute Gasteiger partial charge is 0.480 e. The highest BCUT2D eigenvalue weighted by Crippen LogP contribution is 2.20. The number of nitrogens with two attached hydrogens (primary N) is 1. The minimum atomic E-state index is -0.894. The molecular weight excluding hydrogens is 230 g/mol. The van der Waals surface area contributed by atoms with Crippen molar-refractivity contribution in [2.75, 3.05) is 39.3 Å². The van der Waals surface area contributed by atoms with Crippen molar-refractivity contribution in [2.45, 2.75) is 31.7 Å². The Morgan fingerprint density at radius 3 is 2.33 bits per heavy atom. The SMILES string of the molecule is NC(CN1CCC(CN2CCCC2)CC1)C(=O)O. The smallest absolute Gasteiger partial charge is 0.321 e. The molecule has 2 aliphatic heterocycles. The van der Waals surface area contributed by atoms with E-state index in [4.69, 9.17) is 10.8 Å². The van der Waals surface area contributed by atoms with Gasteiger partial charge < -0.3 is 20.6 Å². The van der Waals surface area contributed by atoms with Gasteiger partial charge in [-0.05, 0) is 57.8 Å². The molecule has 2 aliphatic rings. The van der Waals surface area contributed by atoms with E-state index in [2.05, 4.69) is 9.80 Å². The lowest BCUT2D eigenvalue weighted by atomic mass is 9.96. The van der Waals surface area contributed by atoms with Gasteiger partial charge in [-0.3, -0.25) is 4.79 Å². The Labute approximate surface area is 109 Å². The van der Waals surface area contributed by atoms with Gasteiger partial charge in [-0.15, -0.1) is 0 Å². The number of nitrogens with zero attached hydrogens (tertiary/aromatic N) is 2. The number of aliphatic carboxylic acids is 1. The summed E-state index contributed by atoms with van der Waals surface area (Å²) in [6.45, 7) is 6.26. The van der Waals surface area contributed by atoms with E-state index in [1.54, 1.807) is 0 Å². The maximum absolute atomic E-state index is 10.7. The zero-order chi connectivity index (χ0) is 13.0. The van der Waals surface area contributed by atoms with E-state index in [0.29, 0.717) is 6.54 Å². The molecule has 0 radical (unpaired) electrons. The van der Waals surface area contributed by atoms with Crippen LogP contribution >= 0.6 is 0 Å². The lowest BCUT2D eigenvalue weighted by Crippen LogP contribution is -2.46. The monoisotopic (exact) mass is 255 g/mol. The van der Waals surface area contributed by atoms with Crippen molar-refractivity contribution in [3.63, 3.8) is 0 Å². The van der Waals surface area contributed by atoms with Crippen LogP contribution in [0.4, 0.5) is 0 Å². The van der Waals surface area contributed by atoms with Gasteiger partial charge in [0.05, 0.1) is 0 Å². The van der Waals surface area contributed by atoms with Gasteiger partial charge in [-0.1, -0.05) is 0 Å². The van der Waals surface area contributed by atoms with Gasteiger partial charge in [-0.2, -0.15) is 0 Å². The first-order valence-electron chi connectivity index (χ1n) is 7.08. The first-order chi connectivity index (χ1) is 8.65. The summed E-state index contributed by atoms with van der Waals surface area (Å²) in [5.41, 5.74) is 5.56. The number of carboxylic acid groups (broad SMARTS) is 1. The van der Waals surface area contributed by atoms with Crippen LogP contribution < -0.4 is 5.73 Å². The van der Waals surface area contributed by atoms with Gasteiger partial charge in [-0.25, -0.2) is 0 Å². The van der Waals surface area contributed by atoms with Crippen LogP contribution in [0, 0.1) is 5.92 Å². The molecule has 5 nitrogen and oxygen atoms in total. The maximum Gasteiger partial charge on any atom is 0.321 e. The third-order valence-corrected chi connectivity index (χ3v) is 4.19. The van der Waals surface area contributed by atoms with E-state index in [9.17, 15) is 4.79 Å². The summed E-state index contributed by atoms with van der Waals surface area (Å²) in [7, 11) is 0. The number of rotatable bonds is 5. The van der Waals surface area contributed by atoms with Crippen LogP contribution in [0.25, 0.3) is 0 Å². The second-order valence-electron chi connectivity index (χ2n) is 5.70. The Morgan fingerprint density at radius 1 is 1.17 bits per heavy atom. The second-order valence-corrected chi connectivity index (χ2v) is 5.70. The quantitative estimate of drug-likeness (QED) is 0.735. The van der Waals surface area contributed by atoms with Gasteiger partial charge in [0.25, 0.3) is 0 Å². The first-order valence-corrected chi connectivity index (χ1v) is 7.08. The molecule has 0 aromatic carbocycles. The van der Waals surface area contributed by atoms with Crippen LogP contribution in [0.5, 0.6) is 0 Å². The molecule has 104 valence electrons. The molecule has 18 heavy (non-hydrogen) atoms. The fourth-order valence-corrected chi connectivity index (χ4v) is 3.04. The molecule has 2 heterocycles. The average Bonchev–Trinajstić information content (AvgIpc) is 2.84. The average molecular weight is 255 g/mol. The summed E-state index contributed by atoms with van der Waals surface area (Å²) in [5, 5.41) is 8.80. The lowest BCUT2D eigenvalue weighted by molar-refractivity contribution is -0.139. The first kappa shape index (κ1) is 13.8. The summed E-state index contributed by atoms with van der Waals surface area (Å²) in [6.07, 6.45) is 5.07. The van der Waals surface area contributed by atoms with Crippen molar-refractivity contribution in [3.8, 4) is 0 Å². The van der Waals surface area contributed by atoms with Crippen molar-refractivity contribution in [1.29, 1.82) is 0 Å². The highest BCUT2D eigenvalue weighted by molar-refractivity contribution is 5.73. The normalized spacial score (nSPS) is 25.4. The Hall–Kier alpha value is -0.650. The second kappa shape index (κ2) is 6.50. The lowest BCUT2D eigenvalue weighted by Gasteiger charge is -2.34. The minimum absolute atomic E-state index is 0.492. The predicted molar refractivity (Wildman–Crippen MR) is 70.4 cm³/mol. The Bertz CT molecular complexity index is 271. The molecule has 2 saturated heterocycles. The summed E-state index contributed by atoms with van der Waals surface area (Å²) >= 11 is 0. The van der Waals surface area contributed by atoms with Crippen molar-refractivity contribution in [2.24, 2.45) is 11.7 Å². The number of hydrogen-bond acceptors (Lipinski definition) is 4. The standard InChI is InChI=1S/C13H25N3O2/c14-12(13(17)18)10-16-7-3-11(4-8-16)9-15-5-1-2-6-15/h11-12H,1-10,14H2,(H,17,18). The van der Waals surface area contributed by atoms with Crippen molar-refractivity contribution < 1.29 is 9.90 Å². The van der Waals surface area contributed by atoms with E-state index >= 15 is 0 Å². The molecule has 0 aliphatic carbocycles. The van der Waals surface area contributed by atoms with Crippen LogP contribution in [0.15, 0.2) is 0 Å². The van der Waals surface area contributed by atoms with E-state index in [-0.39, 0.29) is 0 Å². The number of carbonyl (C=O) groups is 1. The fourth-order valence-electron chi connectivity index (χ4n) is 3.04. The molecule has 2 fully saturated rings. The molecule has 0 aromatic heterocycles. The van der Waals surface area contributed by atoms with Crippen molar-refractivity contribution in [3.05, 3.63) is 0 Å². The summed E-state index contributed by atoms with van der Waals surface area (Å²) in [4.78, 5) is 15.5. The van der Waals surface area contributed by atoms with E-state index in [0.717, 1.165) is 19.0 Å². The van der Waals surface area contributed by atoms with Crippen LogP contribution in [0.3, 0.4) is 0 Å². The molecule has 3 N–H and O–H groups in total. The molecule has 0 saturated carbocycles. The van der Waals surface area contributed by atoms with Gasteiger partial charge in [0, 0.05) is 13.1 Å². The van der Waals surface area contributed by atoms with E-state index < -0.39 is 12.0 Å². The topological polar surface area (TPSA) is 69.8 Å². The van der Waals surface area contributed by atoms with Gasteiger partial charge in [0.2, 0.25) is 0 Å². The maximum atomic E-state index is 10.7. The molecule has 1 atom stereocenters. The third-order valence-electron chi connectivity index (χ3n) is 4.19. The highest BCUT2D eigenvalue weighted by atomic mass is 16.4. The van der Waals surface area contributed by atoms with Crippen molar-refractivity contribution >= 4 is 5.97 Å². The molecular formula is C13H25N3O2. The zero-order valence-electron chi connectivity index (χ0n) is 11.1. The van der Waals surface area contributed by atoms with E-state index in [1.165, 1.54) is 45.3 Å². The molecule has 0 bridgehead atoms. The molecule has 0 amide bonds. The number of hydrogen-bond donors (Lipinski definition) is 2. The summed E-state index contributed by atoms with van der Waals surface area (Å²) in [6, 6.07) is -0.736. The Balaban J connectivity index is 1.66.